The van der Waals surface area contributed by atoms with Crippen LogP contribution in [0.4, 0.5) is 0 Å². The van der Waals surface area contributed by atoms with Crippen molar-refractivity contribution in [1.82, 2.24) is 9.97 Å². The molecule has 1 aromatic heterocycles. The van der Waals surface area contributed by atoms with E-state index in [0.29, 0.717) is 41.6 Å². The molecule has 0 aromatic carbocycles. The fourth-order valence-corrected chi connectivity index (χ4v) is 2.63. The maximum absolute atomic E-state index is 11.3. The Morgan fingerprint density at radius 3 is 2.60 bits per heavy atom. The first kappa shape index (κ1) is 16.4. The third-order valence-corrected chi connectivity index (χ3v) is 3.69. The lowest BCUT2D eigenvalue weighted by atomic mass is 10.2. The van der Waals surface area contributed by atoms with Crippen LogP contribution in [-0.2, 0) is 16.0 Å². The van der Waals surface area contributed by atoms with Crippen molar-refractivity contribution >= 4 is 23.7 Å². The molecule has 0 aliphatic carbocycles. The van der Waals surface area contributed by atoms with Crippen molar-refractivity contribution < 1.29 is 19.4 Å². The summed E-state index contributed by atoms with van der Waals surface area (Å²) >= 11 is 1.33. The Kier molecular flexibility index (Phi) is 6.44. The van der Waals surface area contributed by atoms with Gasteiger partial charge in [-0.25, -0.2) is 14.8 Å². The molecule has 1 aromatic rings. The predicted molar refractivity (Wildman–Crippen MR) is 75.1 cm³/mol. The molecular formula is C13H18N2O4S. The zero-order chi connectivity index (χ0) is 15.1. The topological polar surface area (TPSA) is 89.4 Å². The van der Waals surface area contributed by atoms with Gasteiger partial charge in [0, 0.05) is 18.6 Å². The molecule has 1 N–H and O–H groups in total. The second-order valence-corrected chi connectivity index (χ2v) is 5.18. The van der Waals surface area contributed by atoms with Crippen LogP contribution in [0.15, 0.2) is 5.03 Å². The van der Waals surface area contributed by atoms with E-state index >= 15 is 0 Å². The minimum atomic E-state index is -1.03. The summed E-state index contributed by atoms with van der Waals surface area (Å²) in [4.78, 5) is 30.7. The van der Waals surface area contributed by atoms with E-state index < -0.39 is 5.97 Å². The lowest BCUT2D eigenvalue weighted by Gasteiger charge is -2.09. The Balaban J connectivity index is 2.79. The number of methoxy groups -OCH3 is 1. The fraction of sp³-hybridized carbons (Fsp3) is 0.538. The van der Waals surface area contributed by atoms with Crippen molar-refractivity contribution in [2.45, 2.75) is 38.1 Å². The van der Waals surface area contributed by atoms with Crippen LogP contribution in [0.2, 0.25) is 0 Å². The fourth-order valence-electron chi connectivity index (χ4n) is 1.60. The van der Waals surface area contributed by atoms with Gasteiger partial charge in [-0.15, -0.1) is 11.8 Å². The summed E-state index contributed by atoms with van der Waals surface area (Å²) in [6.07, 6.45) is 1.58. The second-order valence-electron chi connectivity index (χ2n) is 4.09. The van der Waals surface area contributed by atoms with E-state index in [1.807, 2.05) is 6.92 Å². The van der Waals surface area contributed by atoms with E-state index in [2.05, 4.69) is 14.7 Å². The van der Waals surface area contributed by atoms with Gasteiger partial charge in [0.2, 0.25) is 0 Å². The Morgan fingerprint density at radius 2 is 2.05 bits per heavy atom. The van der Waals surface area contributed by atoms with Crippen LogP contribution in [0.25, 0.3) is 0 Å². The first-order valence-corrected chi connectivity index (χ1v) is 7.28. The molecule has 0 amide bonds. The van der Waals surface area contributed by atoms with E-state index in [1.54, 1.807) is 6.92 Å². The lowest BCUT2D eigenvalue weighted by Crippen LogP contribution is -2.09. The Hall–Kier alpha value is -1.63. The van der Waals surface area contributed by atoms with E-state index in [4.69, 9.17) is 0 Å². The number of hydrogen-bond acceptors (Lipinski definition) is 6. The van der Waals surface area contributed by atoms with Gasteiger partial charge in [0.15, 0.2) is 0 Å². The highest BCUT2D eigenvalue weighted by Gasteiger charge is 2.17. The largest absolute Gasteiger partial charge is 0.478 e. The van der Waals surface area contributed by atoms with Gasteiger partial charge >= 0.3 is 11.9 Å². The number of aromatic carboxylic acids is 1. The molecule has 1 rings (SSSR count). The molecule has 1 heterocycles. The maximum atomic E-state index is 11.3. The highest BCUT2D eigenvalue weighted by atomic mass is 32.2. The van der Waals surface area contributed by atoms with Crippen LogP contribution in [0.1, 0.15) is 41.6 Å². The quantitative estimate of drug-likeness (QED) is 0.357. The number of aryl methyl sites for hydroxylation is 2. The number of carbonyl (C=O) groups is 2. The minimum absolute atomic E-state index is 0.144. The van der Waals surface area contributed by atoms with Crippen molar-refractivity contribution in [3.63, 3.8) is 0 Å². The van der Waals surface area contributed by atoms with E-state index in [1.165, 1.54) is 18.9 Å². The maximum Gasteiger partial charge on any atom is 0.340 e. The number of nitrogens with zero attached hydrogens (tertiary/aromatic N) is 2. The predicted octanol–water partition coefficient (Wildman–Crippen LogP) is 2.09. The van der Waals surface area contributed by atoms with Crippen LogP contribution in [0.3, 0.4) is 0 Å². The van der Waals surface area contributed by atoms with Crippen LogP contribution in [0.5, 0.6) is 0 Å². The molecule has 0 aliphatic rings. The van der Waals surface area contributed by atoms with Gasteiger partial charge in [0.25, 0.3) is 0 Å². The zero-order valence-electron chi connectivity index (χ0n) is 11.8. The first-order valence-electron chi connectivity index (χ1n) is 6.30. The summed E-state index contributed by atoms with van der Waals surface area (Å²) in [5.74, 6) is -0.0598. The molecule has 0 aliphatic heterocycles. The van der Waals surface area contributed by atoms with Crippen molar-refractivity contribution in [3.8, 4) is 0 Å². The number of rotatable bonds is 7. The molecule has 0 unspecified atom stereocenters. The molecular weight excluding hydrogens is 280 g/mol. The standard InChI is InChI=1S/C13H18N2O4S/c1-4-9-14-8(2)11(13(17)18)12(15-9)20-7-5-6-10(16)19-3/h4-7H2,1-3H3,(H,17,18). The van der Waals surface area contributed by atoms with E-state index in [-0.39, 0.29) is 11.5 Å². The molecule has 0 radical (unpaired) electrons. The normalized spacial score (nSPS) is 10.3. The molecule has 20 heavy (non-hydrogen) atoms. The summed E-state index contributed by atoms with van der Waals surface area (Å²) in [5.41, 5.74) is 0.616. The van der Waals surface area contributed by atoms with Crippen molar-refractivity contribution in [3.05, 3.63) is 17.1 Å². The summed E-state index contributed by atoms with van der Waals surface area (Å²) in [7, 11) is 1.35. The van der Waals surface area contributed by atoms with Crippen LogP contribution < -0.4 is 0 Å². The minimum Gasteiger partial charge on any atom is -0.478 e. The first-order chi connectivity index (χ1) is 9.49. The van der Waals surface area contributed by atoms with Crippen LogP contribution in [-0.4, -0.2) is 39.9 Å². The molecule has 0 bridgehead atoms. The number of carboxylic acids is 1. The van der Waals surface area contributed by atoms with Gasteiger partial charge in [0.05, 0.1) is 12.8 Å². The summed E-state index contributed by atoms with van der Waals surface area (Å²) < 4.78 is 4.55. The number of carbonyl (C=O) groups excluding carboxylic acids is 1. The van der Waals surface area contributed by atoms with Crippen molar-refractivity contribution in [2.24, 2.45) is 0 Å². The molecule has 0 atom stereocenters. The van der Waals surface area contributed by atoms with Crippen molar-refractivity contribution in [2.75, 3.05) is 12.9 Å². The molecule has 7 heteroatoms. The Morgan fingerprint density at radius 1 is 1.35 bits per heavy atom. The van der Waals surface area contributed by atoms with Crippen LogP contribution >= 0.6 is 11.8 Å². The van der Waals surface area contributed by atoms with Gasteiger partial charge in [-0.3, -0.25) is 4.79 Å². The Labute approximate surface area is 122 Å². The van der Waals surface area contributed by atoms with Crippen molar-refractivity contribution in [1.29, 1.82) is 0 Å². The summed E-state index contributed by atoms with van der Waals surface area (Å²) in [6.45, 7) is 3.59. The number of carboxylic acid groups (broad SMARTS) is 1. The summed E-state index contributed by atoms with van der Waals surface area (Å²) in [5, 5.41) is 9.69. The number of aromatic nitrogens is 2. The molecule has 0 saturated carbocycles. The van der Waals surface area contributed by atoms with E-state index in [0.717, 1.165) is 0 Å². The third-order valence-electron chi connectivity index (χ3n) is 2.62. The van der Waals surface area contributed by atoms with Gasteiger partial charge in [-0.1, -0.05) is 6.92 Å². The number of hydrogen-bond donors (Lipinski definition) is 1. The average molecular weight is 298 g/mol. The number of ether oxygens (including phenoxy) is 1. The second kappa shape index (κ2) is 7.84. The number of thioether (sulfide) groups is 1. The van der Waals surface area contributed by atoms with Gasteiger partial charge in [-0.2, -0.15) is 0 Å². The smallest absolute Gasteiger partial charge is 0.340 e. The third kappa shape index (κ3) is 4.48. The highest BCUT2D eigenvalue weighted by Crippen LogP contribution is 2.24. The van der Waals surface area contributed by atoms with E-state index in [9.17, 15) is 14.7 Å². The molecule has 0 saturated heterocycles. The monoisotopic (exact) mass is 298 g/mol. The molecule has 0 fully saturated rings. The lowest BCUT2D eigenvalue weighted by molar-refractivity contribution is -0.140. The number of esters is 1. The molecule has 0 spiro atoms. The van der Waals surface area contributed by atoms with Gasteiger partial charge < -0.3 is 9.84 Å². The van der Waals surface area contributed by atoms with Gasteiger partial charge in [0.1, 0.15) is 16.4 Å². The summed E-state index contributed by atoms with van der Waals surface area (Å²) in [6, 6.07) is 0. The molecule has 110 valence electrons. The Bertz CT molecular complexity index is 505. The van der Waals surface area contributed by atoms with Gasteiger partial charge in [-0.05, 0) is 13.3 Å². The van der Waals surface area contributed by atoms with Crippen LogP contribution in [0, 0.1) is 6.92 Å². The molecule has 6 nitrogen and oxygen atoms in total. The SMILES string of the molecule is CCc1nc(C)c(C(=O)O)c(SCCCC(=O)OC)n1. The zero-order valence-corrected chi connectivity index (χ0v) is 12.6. The highest BCUT2D eigenvalue weighted by molar-refractivity contribution is 7.99. The average Bonchev–Trinajstić information content (AvgIpc) is 2.41.